The zero-order valence-electron chi connectivity index (χ0n) is 22.0. The summed E-state index contributed by atoms with van der Waals surface area (Å²) < 4.78 is 28.8. The van der Waals surface area contributed by atoms with E-state index >= 15 is 0 Å². The van der Waals surface area contributed by atoms with Crippen LogP contribution in [0, 0.1) is 0 Å². The number of benzene rings is 2. The molecule has 0 amide bonds. The lowest BCUT2D eigenvalue weighted by molar-refractivity contribution is -0.149. The summed E-state index contributed by atoms with van der Waals surface area (Å²) >= 11 is 0. The SMILES string of the molecule is C=C(C)C(=O)O[C@@H]1CNC[C@H](OCc2ccc3c(c2)N(CCCOC)CCO3)[C@H]1c1ccc(OC)cc1. The zero-order valence-corrected chi connectivity index (χ0v) is 22.0. The van der Waals surface area contributed by atoms with Crippen LogP contribution in [-0.2, 0) is 25.6 Å². The molecule has 200 valence electrons. The number of carbonyl (C=O) groups is 1. The van der Waals surface area contributed by atoms with Crippen LogP contribution in [0.2, 0.25) is 0 Å². The van der Waals surface area contributed by atoms with Gasteiger partial charge in [0.05, 0.1) is 32.1 Å². The Bertz CT molecular complexity index is 1060. The molecule has 2 aromatic carbocycles. The Morgan fingerprint density at radius 3 is 2.65 bits per heavy atom. The van der Waals surface area contributed by atoms with Gasteiger partial charge in [-0.25, -0.2) is 4.79 Å². The molecule has 0 radical (unpaired) electrons. The molecule has 0 unspecified atom stereocenters. The first kappa shape index (κ1) is 27.0. The summed E-state index contributed by atoms with van der Waals surface area (Å²) in [6.45, 7) is 10.2. The van der Waals surface area contributed by atoms with Crippen molar-refractivity contribution in [1.29, 1.82) is 0 Å². The molecular weight excluding hydrogens is 472 g/mol. The van der Waals surface area contributed by atoms with Gasteiger partial charge in [-0.3, -0.25) is 0 Å². The van der Waals surface area contributed by atoms with Crippen molar-refractivity contribution in [2.45, 2.75) is 38.1 Å². The minimum Gasteiger partial charge on any atom is -0.497 e. The number of fused-ring (bicyclic) bond motifs is 1. The number of nitrogens with zero attached hydrogens (tertiary/aromatic N) is 1. The Morgan fingerprint density at radius 1 is 1.14 bits per heavy atom. The summed E-state index contributed by atoms with van der Waals surface area (Å²) in [4.78, 5) is 14.7. The smallest absolute Gasteiger partial charge is 0.333 e. The van der Waals surface area contributed by atoms with Gasteiger partial charge >= 0.3 is 5.97 Å². The van der Waals surface area contributed by atoms with E-state index in [2.05, 4.69) is 28.9 Å². The molecule has 0 saturated carbocycles. The van der Waals surface area contributed by atoms with Crippen LogP contribution in [0.25, 0.3) is 0 Å². The maximum Gasteiger partial charge on any atom is 0.333 e. The molecule has 1 saturated heterocycles. The molecule has 2 aromatic rings. The molecule has 4 rings (SSSR count). The van der Waals surface area contributed by atoms with Gasteiger partial charge in [-0.1, -0.05) is 24.8 Å². The monoisotopic (exact) mass is 510 g/mol. The number of hydrogen-bond donors (Lipinski definition) is 1. The van der Waals surface area contributed by atoms with Gasteiger partial charge in [0.25, 0.3) is 0 Å². The number of piperidine rings is 1. The van der Waals surface area contributed by atoms with Gasteiger partial charge in [0, 0.05) is 44.8 Å². The maximum atomic E-state index is 12.4. The van der Waals surface area contributed by atoms with Crippen LogP contribution in [0.3, 0.4) is 0 Å². The average molecular weight is 511 g/mol. The molecule has 8 nitrogen and oxygen atoms in total. The number of hydrogen-bond acceptors (Lipinski definition) is 8. The largest absolute Gasteiger partial charge is 0.497 e. The highest BCUT2D eigenvalue weighted by Gasteiger charge is 2.38. The summed E-state index contributed by atoms with van der Waals surface area (Å²) in [5.41, 5.74) is 3.57. The predicted molar refractivity (Wildman–Crippen MR) is 143 cm³/mol. The van der Waals surface area contributed by atoms with Crippen LogP contribution in [0.1, 0.15) is 30.4 Å². The Morgan fingerprint density at radius 2 is 1.92 bits per heavy atom. The van der Waals surface area contributed by atoms with Crippen molar-refractivity contribution in [3.05, 3.63) is 65.7 Å². The van der Waals surface area contributed by atoms with Gasteiger partial charge in [-0.05, 0) is 48.7 Å². The zero-order chi connectivity index (χ0) is 26.2. The second-order valence-corrected chi connectivity index (χ2v) is 9.51. The number of carbonyl (C=O) groups excluding carboxylic acids is 1. The normalized spacial score (nSPS) is 21.1. The Kier molecular flexibility index (Phi) is 9.44. The first-order chi connectivity index (χ1) is 18.0. The van der Waals surface area contributed by atoms with E-state index in [1.165, 1.54) is 0 Å². The molecule has 1 fully saturated rings. The van der Waals surface area contributed by atoms with Gasteiger partial charge in [-0.2, -0.15) is 0 Å². The fraction of sp³-hybridized carbons (Fsp3) is 0.483. The second-order valence-electron chi connectivity index (χ2n) is 9.51. The fourth-order valence-electron chi connectivity index (χ4n) is 4.88. The van der Waals surface area contributed by atoms with Crippen LogP contribution in [0.4, 0.5) is 5.69 Å². The van der Waals surface area contributed by atoms with Gasteiger partial charge in [0.15, 0.2) is 0 Å². The number of nitrogens with one attached hydrogen (secondary N) is 1. The highest BCUT2D eigenvalue weighted by molar-refractivity contribution is 5.87. The molecule has 0 aliphatic carbocycles. The molecule has 2 aliphatic heterocycles. The summed E-state index contributed by atoms with van der Waals surface area (Å²) in [7, 11) is 3.37. The standard InChI is InChI=1S/C29H38N2O6/c1-20(2)29(32)37-27-18-30-17-26(28(27)22-7-9-23(34-4)10-8-22)36-19-21-6-11-25-24(16-21)31(13-15-35-25)12-5-14-33-3/h6-11,16,26-28,30H,1,5,12-15,17-19H2,2-4H3/t26-,27+,28+/m0/s1. The van der Waals surface area contributed by atoms with Crippen molar-refractivity contribution < 1.29 is 28.5 Å². The van der Waals surface area contributed by atoms with E-state index in [1.807, 2.05) is 30.3 Å². The molecule has 0 spiro atoms. The third kappa shape index (κ3) is 6.83. The van der Waals surface area contributed by atoms with Gasteiger partial charge in [-0.15, -0.1) is 0 Å². The quantitative estimate of drug-likeness (QED) is 0.279. The van der Waals surface area contributed by atoms with E-state index in [-0.39, 0.29) is 18.1 Å². The van der Waals surface area contributed by atoms with Gasteiger partial charge in [0.2, 0.25) is 0 Å². The molecule has 2 heterocycles. The van der Waals surface area contributed by atoms with E-state index in [4.69, 9.17) is 23.7 Å². The summed E-state index contributed by atoms with van der Waals surface area (Å²) in [6.07, 6.45) is 0.373. The van der Waals surface area contributed by atoms with E-state index in [0.29, 0.717) is 31.9 Å². The van der Waals surface area contributed by atoms with E-state index in [1.54, 1.807) is 21.1 Å². The lowest BCUT2D eigenvalue weighted by atomic mass is 9.85. The molecular formula is C29H38N2O6. The van der Waals surface area contributed by atoms with Crippen molar-refractivity contribution in [3.63, 3.8) is 0 Å². The second kappa shape index (κ2) is 12.9. The van der Waals surface area contributed by atoms with E-state index < -0.39 is 5.97 Å². The fourth-order valence-corrected chi connectivity index (χ4v) is 4.88. The molecule has 8 heteroatoms. The lowest BCUT2D eigenvalue weighted by Gasteiger charge is -2.38. The topological polar surface area (TPSA) is 78.5 Å². The first-order valence-electron chi connectivity index (χ1n) is 12.8. The molecule has 37 heavy (non-hydrogen) atoms. The lowest BCUT2D eigenvalue weighted by Crippen LogP contribution is -2.51. The minimum absolute atomic E-state index is 0.137. The number of methoxy groups -OCH3 is 2. The minimum atomic E-state index is -0.394. The Hall–Kier alpha value is -3.07. The highest BCUT2D eigenvalue weighted by atomic mass is 16.5. The predicted octanol–water partition coefficient (Wildman–Crippen LogP) is 3.69. The van der Waals surface area contributed by atoms with Crippen LogP contribution >= 0.6 is 0 Å². The van der Waals surface area contributed by atoms with Gasteiger partial charge < -0.3 is 33.9 Å². The number of ether oxygens (including phenoxy) is 5. The van der Waals surface area contributed by atoms with Crippen LogP contribution in [-0.4, -0.2) is 71.8 Å². The molecule has 1 N–H and O–H groups in total. The number of anilines is 1. The third-order valence-corrected chi connectivity index (χ3v) is 6.82. The molecule has 0 bridgehead atoms. The van der Waals surface area contributed by atoms with E-state index in [9.17, 15) is 4.79 Å². The Balaban J connectivity index is 1.51. The van der Waals surface area contributed by atoms with Crippen molar-refractivity contribution >= 4 is 11.7 Å². The summed E-state index contributed by atoms with van der Waals surface area (Å²) in [5, 5.41) is 3.38. The number of esters is 1. The van der Waals surface area contributed by atoms with Crippen molar-refractivity contribution in [1.82, 2.24) is 5.32 Å². The van der Waals surface area contributed by atoms with Crippen LogP contribution in [0.15, 0.2) is 54.6 Å². The van der Waals surface area contributed by atoms with Crippen LogP contribution in [0.5, 0.6) is 11.5 Å². The Labute approximate surface area is 219 Å². The van der Waals surface area contributed by atoms with Crippen molar-refractivity contribution in [2.24, 2.45) is 0 Å². The summed E-state index contributed by atoms with van der Waals surface area (Å²) in [5.74, 6) is 1.14. The first-order valence-corrected chi connectivity index (χ1v) is 12.8. The van der Waals surface area contributed by atoms with E-state index in [0.717, 1.165) is 54.4 Å². The van der Waals surface area contributed by atoms with Crippen molar-refractivity contribution in [3.8, 4) is 11.5 Å². The van der Waals surface area contributed by atoms with Gasteiger partial charge in [0.1, 0.15) is 24.2 Å². The molecule has 2 aliphatic rings. The highest BCUT2D eigenvalue weighted by Crippen LogP contribution is 2.35. The third-order valence-electron chi connectivity index (χ3n) is 6.82. The van der Waals surface area contributed by atoms with Crippen LogP contribution < -0.4 is 19.7 Å². The summed E-state index contributed by atoms with van der Waals surface area (Å²) in [6, 6.07) is 14.1. The number of rotatable bonds is 11. The molecule has 0 aromatic heterocycles. The molecule has 3 atom stereocenters. The maximum absolute atomic E-state index is 12.4. The average Bonchev–Trinajstić information content (AvgIpc) is 2.92. The van der Waals surface area contributed by atoms with Crippen molar-refractivity contribution in [2.75, 3.05) is 58.5 Å².